The van der Waals surface area contributed by atoms with E-state index in [1.807, 2.05) is 87.5 Å². The van der Waals surface area contributed by atoms with E-state index < -0.39 is 6.03 Å². The van der Waals surface area contributed by atoms with Crippen LogP contribution in [-0.2, 0) is 16.6 Å². The van der Waals surface area contributed by atoms with Crippen LogP contribution in [0.5, 0.6) is 5.75 Å². The van der Waals surface area contributed by atoms with Crippen molar-refractivity contribution >= 4 is 35.0 Å². The van der Waals surface area contributed by atoms with E-state index in [4.69, 9.17) is 21.4 Å². The van der Waals surface area contributed by atoms with E-state index in [1.54, 1.807) is 30.0 Å². The maximum atomic E-state index is 13.4. The lowest BCUT2D eigenvalue weighted by Gasteiger charge is -2.23. The minimum Gasteiger partial charge on any atom is -0.495 e. The summed E-state index contributed by atoms with van der Waals surface area (Å²) in [7, 11) is 1.54. The quantitative estimate of drug-likeness (QED) is 0.243. The first-order chi connectivity index (χ1) is 19.2. The summed E-state index contributed by atoms with van der Waals surface area (Å²) >= 11 is 6.47. The lowest BCUT2D eigenvalue weighted by molar-refractivity contribution is -0.116. The molecule has 3 aromatic carbocycles. The molecule has 1 aromatic heterocycles. The molecule has 0 saturated heterocycles. The number of anilines is 2. The molecule has 3 amide bonds. The Kier molecular flexibility index (Phi) is 9.11. The number of aromatic nitrogens is 2. The highest BCUT2D eigenvalue weighted by molar-refractivity contribution is 6.32. The number of amides is 3. The van der Waals surface area contributed by atoms with Gasteiger partial charge in [-0.25, -0.2) is 9.48 Å². The predicted octanol–water partition coefficient (Wildman–Crippen LogP) is 6.55. The Morgan fingerprint density at radius 2 is 1.62 bits per heavy atom. The summed E-state index contributed by atoms with van der Waals surface area (Å²) in [5, 5.41) is 11.1. The summed E-state index contributed by atoms with van der Waals surface area (Å²) in [5.41, 5.74) is 2.75. The number of carbonyl (C=O) groups is 2. The van der Waals surface area contributed by atoms with Gasteiger partial charge in [0.05, 0.1) is 29.2 Å². The van der Waals surface area contributed by atoms with Crippen LogP contribution in [0.1, 0.15) is 32.0 Å². The molecule has 0 bridgehead atoms. The second-order valence-electron chi connectivity index (χ2n) is 10.4. The monoisotopic (exact) mass is 559 g/mol. The fraction of sp³-hybridized carbons (Fsp3) is 0.258. The van der Waals surface area contributed by atoms with Crippen molar-refractivity contribution in [3.8, 4) is 11.4 Å². The number of carbonyl (C=O) groups excluding carboxylic acids is 2. The highest BCUT2D eigenvalue weighted by Crippen LogP contribution is 2.29. The topological polar surface area (TPSA) is 88.5 Å². The average Bonchev–Trinajstić information content (AvgIpc) is 3.36. The maximum Gasteiger partial charge on any atom is 0.322 e. The van der Waals surface area contributed by atoms with E-state index in [0.29, 0.717) is 40.9 Å². The molecule has 0 atom stereocenters. The lowest BCUT2D eigenvalue weighted by Crippen LogP contribution is -2.42. The van der Waals surface area contributed by atoms with E-state index in [2.05, 4.69) is 10.6 Å². The number of hydrogen-bond acceptors (Lipinski definition) is 4. The van der Waals surface area contributed by atoms with Crippen molar-refractivity contribution in [2.45, 2.75) is 32.6 Å². The van der Waals surface area contributed by atoms with Gasteiger partial charge in [0.1, 0.15) is 18.1 Å². The second-order valence-corrected chi connectivity index (χ2v) is 10.8. The summed E-state index contributed by atoms with van der Waals surface area (Å²) in [6.45, 7) is 6.30. The van der Waals surface area contributed by atoms with Gasteiger partial charge in [-0.05, 0) is 36.2 Å². The van der Waals surface area contributed by atoms with Crippen molar-refractivity contribution < 1.29 is 14.3 Å². The van der Waals surface area contributed by atoms with Crippen molar-refractivity contribution in [2.24, 2.45) is 0 Å². The molecule has 208 valence electrons. The Hall–Kier alpha value is -4.30. The summed E-state index contributed by atoms with van der Waals surface area (Å²) < 4.78 is 7.01. The summed E-state index contributed by atoms with van der Waals surface area (Å²) in [6, 6.07) is 25.7. The van der Waals surface area contributed by atoms with Gasteiger partial charge in [-0.1, -0.05) is 87.0 Å². The van der Waals surface area contributed by atoms with Gasteiger partial charge in [-0.15, -0.1) is 0 Å². The number of methoxy groups -OCH3 is 1. The van der Waals surface area contributed by atoms with Gasteiger partial charge in [0.15, 0.2) is 0 Å². The molecule has 0 aliphatic heterocycles. The van der Waals surface area contributed by atoms with Crippen LogP contribution in [0.4, 0.5) is 16.3 Å². The predicted molar refractivity (Wildman–Crippen MR) is 160 cm³/mol. The average molecular weight is 560 g/mol. The van der Waals surface area contributed by atoms with Crippen LogP contribution in [0, 0.1) is 0 Å². The number of urea groups is 1. The second kappa shape index (κ2) is 12.7. The molecule has 4 rings (SSSR count). The van der Waals surface area contributed by atoms with Crippen molar-refractivity contribution in [3.63, 3.8) is 0 Å². The number of ether oxygens (including phenoxy) is 1. The molecule has 0 unspecified atom stereocenters. The van der Waals surface area contributed by atoms with Gasteiger partial charge in [-0.3, -0.25) is 4.79 Å². The van der Waals surface area contributed by atoms with Gasteiger partial charge in [0.2, 0.25) is 5.91 Å². The van der Waals surface area contributed by atoms with Gasteiger partial charge in [-0.2, -0.15) is 5.10 Å². The van der Waals surface area contributed by atoms with Crippen molar-refractivity contribution in [3.05, 3.63) is 101 Å². The first kappa shape index (κ1) is 28.7. The van der Waals surface area contributed by atoms with Crippen molar-refractivity contribution in [2.75, 3.05) is 30.8 Å². The van der Waals surface area contributed by atoms with E-state index in [1.165, 1.54) is 4.90 Å². The fourth-order valence-corrected chi connectivity index (χ4v) is 4.32. The Morgan fingerprint density at radius 3 is 2.33 bits per heavy atom. The molecular weight excluding hydrogens is 526 g/mol. The molecular formula is C31H34ClN5O3. The molecule has 40 heavy (non-hydrogen) atoms. The zero-order valence-electron chi connectivity index (χ0n) is 23.1. The minimum absolute atomic E-state index is 0.174. The lowest BCUT2D eigenvalue weighted by atomic mass is 9.92. The van der Waals surface area contributed by atoms with Crippen LogP contribution in [0.2, 0.25) is 5.02 Å². The molecule has 9 heteroatoms. The minimum atomic E-state index is -0.412. The number of nitrogens with one attached hydrogen (secondary N) is 2. The Morgan fingerprint density at radius 1 is 0.950 bits per heavy atom. The number of para-hydroxylation sites is 3. The SMILES string of the molecule is COc1ccccc1NC(=O)N(CCc1ccccc1)CC(=O)Nc1cc(C(C)(C)C)nn1-c1ccccc1Cl. The first-order valence-corrected chi connectivity index (χ1v) is 13.4. The molecule has 0 spiro atoms. The molecule has 2 N–H and O–H groups in total. The largest absolute Gasteiger partial charge is 0.495 e. The number of halogens is 1. The smallest absolute Gasteiger partial charge is 0.322 e. The molecule has 0 radical (unpaired) electrons. The molecule has 1 heterocycles. The third kappa shape index (κ3) is 7.21. The van der Waals surface area contributed by atoms with Gasteiger partial charge >= 0.3 is 6.03 Å². The fourth-order valence-electron chi connectivity index (χ4n) is 4.10. The zero-order chi connectivity index (χ0) is 28.7. The molecule has 4 aromatic rings. The molecule has 0 fully saturated rings. The zero-order valence-corrected chi connectivity index (χ0v) is 23.9. The number of rotatable bonds is 9. The molecule has 0 aliphatic rings. The van der Waals surface area contributed by atoms with Crippen LogP contribution in [-0.4, -0.2) is 46.8 Å². The van der Waals surface area contributed by atoms with Crippen LogP contribution >= 0.6 is 11.6 Å². The van der Waals surface area contributed by atoms with Crippen LogP contribution in [0.15, 0.2) is 84.9 Å². The summed E-state index contributed by atoms with van der Waals surface area (Å²) in [4.78, 5) is 28.3. The van der Waals surface area contributed by atoms with E-state index in [9.17, 15) is 9.59 Å². The Bertz CT molecular complexity index is 1460. The number of benzene rings is 3. The van der Waals surface area contributed by atoms with Crippen molar-refractivity contribution in [1.82, 2.24) is 14.7 Å². The number of nitrogens with zero attached hydrogens (tertiary/aromatic N) is 3. The number of hydrogen-bond donors (Lipinski definition) is 2. The van der Waals surface area contributed by atoms with E-state index in [-0.39, 0.29) is 17.9 Å². The first-order valence-electron chi connectivity index (χ1n) is 13.0. The van der Waals surface area contributed by atoms with E-state index >= 15 is 0 Å². The van der Waals surface area contributed by atoms with Crippen LogP contribution < -0.4 is 15.4 Å². The van der Waals surface area contributed by atoms with Crippen LogP contribution in [0.3, 0.4) is 0 Å². The van der Waals surface area contributed by atoms with Crippen LogP contribution in [0.25, 0.3) is 5.69 Å². The summed E-state index contributed by atoms with van der Waals surface area (Å²) in [5.74, 6) is 0.634. The highest BCUT2D eigenvalue weighted by atomic mass is 35.5. The van der Waals surface area contributed by atoms with E-state index in [0.717, 1.165) is 11.3 Å². The third-order valence-electron chi connectivity index (χ3n) is 6.31. The maximum absolute atomic E-state index is 13.4. The summed E-state index contributed by atoms with van der Waals surface area (Å²) in [6.07, 6.45) is 0.583. The standard InChI is InChI=1S/C31H34ClN5O3/c1-31(2,3)27-20-28(37(35-27)25-16-10-8-14-23(25)32)34-29(38)21-36(19-18-22-12-6-5-7-13-22)30(39)33-24-15-9-11-17-26(24)40-4/h5-17,20H,18-19,21H2,1-4H3,(H,33,39)(H,34,38). The third-order valence-corrected chi connectivity index (χ3v) is 6.63. The van der Waals surface area contributed by atoms with Gasteiger partial charge < -0.3 is 20.3 Å². The highest BCUT2D eigenvalue weighted by Gasteiger charge is 2.24. The molecule has 0 saturated carbocycles. The molecule has 8 nitrogen and oxygen atoms in total. The Labute approximate surface area is 239 Å². The normalized spacial score (nSPS) is 11.1. The Balaban J connectivity index is 1.57. The van der Waals surface area contributed by atoms with Gasteiger partial charge in [0, 0.05) is 18.0 Å². The molecule has 0 aliphatic carbocycles. The van der Waals surface area contributed by atoms with Crippen molar-refractivity contribution in [1.29, 1.82) is 0 Å². The van der Waals surface area contributed by atoms with Gasteiger partial charge in [0.25, 0.3) is 0 Å².